The summed E-state index contributed by atoms with van der Waals surface area (Å²) in [5, 5.41) is 8.36. The van der Waals surface area contributed by atoms with Crippen molar-refractivity contribution in [2.75, 3.05) is 5.73 Å². The summed E-state index contributed by atoms with van der Waals surface area (Å²) in [6.45, 7) is 0. The van der Waals surface area contributed by atoms with Gasteiger partial charge in [0.05, 0.1) is 0 Å². The molecule has 0 amide bonds. The number of rotatable bonds is 4. The molecule has 0 aliphatic carbocycles. The van der Waals surface area contributed by atoms with Crippen molar-refractivity contribution >= 4 is 11.7 Å². The van der Waals surface area contributed by atoms with Crippen LogP contribution in [0.15, 0.2) is 6.07 Å². The van der Waals surface area contributed by atoms with Crippen LogP contribution in [0.25, 0.3) is 0 Å². The van der Waals surface area contributed by atoms with Crippen LogP contribution in [0, 0.1) is 17.5 Å². The highest BCUT2D eigenvalue weighted by atomic mass is 19.2. The minimum absolute atomic E-state index is 0.000463. The average Bonchev–Trinajstić information content (AvgIpc) is 2.22. The molecule has 1 aromatic rings. The van der Waals surface area contributed by atoms with E-state index in [0.717, 1.165) is 0 Å². The second kappa shape index (κ2) is 4.87. The van der Waals surface area contributed by atoms with E-state index in [4.69, 9.17) is 10.8 Å². The number of aliphatic carboxylic acids is 1. The van der Waals surface area contributed by atoms with Gasteiger partial charge in [-0.2, -0.15) is 0 Å². The van der Waals surface area contributed by atoms with Gasteiger partial charge in [-0.25, -0.2) is 13.2 Å². The molecular weight excluding hydrogens is 223 g/mol. The molecule has 88 valence electrons. The number of nitrogens with two attached hydrogens (primary N) is 1. The Hall–Kier alpha value is -1.72. The van der Waals surface area contributed by atoms with Crippen LogP contribution in [0.3, 0.4) is 0 Å². The Labute approximate surface area is 89.7 Å². The number of carboxylic acids is 1. The number of benzene rings is 1. The molecule has 0 aromatic heterocycles. The minimum atomic E-state index is -1.42. The first-order chi connectivity index (χ1) is 7.43. The maximum atomic E-state index is 13.3. The first-order valence-corrected chi connectivity index (χ1v) is 4.57. The molecule has 0 fully saturated rings. The number of carbonyl (C=O) groups is 1. The summed E-state index contributed by atoms with van der Waals surface area (Å²) in [4.78, 5) is 10.2. The zero-order chi connectivity index (χ0) is 12.3. The van der Waals surface area contributed by atoms with Gasteiger partial charge in [-0.15, -0.1) is 0 Å². The summed E-state index contributed by atoms with van der Waals surface area (Å²) >= 11 is 0. The molecule has 0 radical (unpaired) electrons. The third-order valence-corrected chi connectivity index (χ3v) is 2.10. The summed E-state index contributed by atoms with van der Waals surface area (Å²) < 4.78 is 38.9. The second-order valence-corrected chi connectivity index (χ2v) is 3.31. The Morgan fingerprint density at radius 1 is 1.31 bits per heavy atom. The number of hydrogen-bond acceptors (Lipinski definition) is 2. The van der Waals surface area contributed by atoms with Gasteiger partial charge in [-0.05, 0) is 24.5 Å². The Morgan fingerprint density at radius 2 is 1.94 bits per heavy atom. The van der Waals surface area contributed by atoms with Gasteiger partial charge in [0, 0.05) is 6.42 Å². The molecule has 0 aliphatic heterocycles. The molecule has 16 heavy (non-hydrogen) atoms. The van der Waals surface area contributed by atoms with Crippen LogP contribution in [0.2, 0.25) is 0 Å². The van der Waals surface area contributed by atoms with Crippen molar-refractivity contribution < 1.29 is 23.1 Å². The van der Waals surface area contributed by atoms with Gasteiger partial charge in [0.2, 0.25) is 0 Å². The summed E-state index contributed by atoms with van der Waals surface area (Å²) in [6, 6.07) is 0.697. The van der Waals surface area contributed by atoms with Crippen molar-refractivity contribution in [1.29, 1.82) is 0 Å². The van der Waals surface area contributed by atoms with Gasteiger partial charge in [0.15, 0.2) is 17.5 Å². The van der Waals surface area contributed by atoms with Crippen LogP contribution in [0.5, 0.6) is 0 Å². The van der Waals surface area contributed by atoms with E-state index in [1.807, 2.05) is 0 Å². The van der Waals surface area contributed by atoms with Crippen LogP contribution in [0.4, 0.5) is 18.9 Å². The zero-order valence-corrected chi connectivity index (χ0v) is 8.27. The molecule has 0 bridgehead atoms. The summed E-state index contributed by atoms with van der Waals surface area (Å²) in [6.07, 6.45) is -0.0331. The fourth-order valence-electron chi connectivity index (χ4n) is 1.29. The predicted molar refractivity (Wildman–Crippen MR) is 51.3 cm³/mol. The Balaban J connectivity index is 2.85. The van der Waals surface area contributed by atoms with Crippen molar-refractivity contribution in [2.24, 2.45) is 0 Å². The molecule has 0 saturated carbocycles. The normalized spacial score (nSPS) is 10.4. The quantitative estimate of drug-likeness (QED) is 0.618. The Kier molecular flexibility index (Phi) is 3.76. The molecule has 1 rings (SSSR count). The summed E-state index contributed by atoms with van der Waals surface area (Å²) in [5.74, 6) is -4.70. The highest BCUT2D eigenvalue weighted by molar-refractivity contribution is 5.66. The third-order valence-electron chi connectivity index (χ3n) is 2.10. The molecule has 0 unspecified atom stereocenters. The van der Waals surface area contributed by atoms with Crippen molar-refractivity contribution in [1.82, 2.24) is 0 Å². The fraction of sp³-hybridized carbons (Fsp3) is 0.300. The highest BCUT2D eigenvalue weighted by Gasteiger charge is 2.16. The number of nitrogen functional groups attached to an aromatic ring is 1. The van der Waals surface area contributed by atoms with Crippen molar-refractivity contribution in [3.05, 3.63) is 29.1 Å². The van der Waals surface area contributed by atoms with Gasteiger partial charge >= 0.3 is 5.97 Å². The van der Waals surface area contributed by atoms with Crippen LogP contribution in [-0.2, 0) is 11.2 Å². The first kappa shape index (κ1) is 12.4. The van der Waals surface area contributed by atoms with E-state index in [1.165, 1.54) is 0 Å². The maximum Gasteiger partial charge on any atom is 0.303 e. The van der Waals surface area contributed by atoms with E-state index < -0.39 is 29.1 Å². The summed E-state index contributed by atoms with van der Waals surface area (Å²) in [5.41, 5.74) is 4.03. The average molecular weight is 233 g/mol. The standard InChI is InChI=1S/C10H10F3NO2/c11-6-4-5(2-1-3-7(15)16)8(12)10(14)9(6)13/h4H,1-3,14H2,(H,15,16). The monoisotopic (exact) mass is 233 g/mol. The molecule has 0 spiro atoms. The minimum Gasteiger partial charge on any atom is -0.481 e. The Morgan fingerprint density at radius 3 is 2.50 bits per heavy atom. The SMILES string of the molecule is Nc1c(F)c(F)cc(CCCC(=O)O)c1F. The lowest BCUT2D eigenvalue weighted by molar-refractivity contribution is -0.137. The Bertz CT molecular complexity index is 421. The largest absolute Gasteiger partial charge is 0.481 e. The lowest BCUT2D eigenvalue weighted by atomic mass is 10.1. The third kappa shape index (κ3) is 2.65. The first-order valence-electron chi connectivity index (χ1n) is 4.57. The predicted octanol–water partition coefficient (Wildman–Crippen LogP) is 2.09. The molecule has 0 heterocycles. The fourth-order valence-corrected chi connectivity index (χ4v) is 1.29. The van der Waals surface area contributed by atoms with Crippen molar-refractivity contribution in [3.63, 3.8) is 0 Å². The van der Waals surface area contributed by atoms with E-state index in [9.17, 15) is 18.0 Å². The van der Waals surface area contributed by atoms with Crippen LogP contribution in [0.1, 0.15) is 18.4 Å². The van der Waals surface area contributed by atoms with Gasteiger partial charge in [0.25, 0.3) is 0 Å². The second-order valence-electron chi connectivity index (χ2n) is 3.31. The van der Waals surface area contributed by atoms with Gasteiger partial charge in [0.1, 0.15) is 5.69 Å². The number of hydrogen-bond donors (Lipinski definition) is 2. The number of anilines is 1. The zero-order valence-electron chi connectivity index (χ0n) is 8.27. The molecule has 1 aromatic carbocycles. The van der Waals surface area contributed by atoms with E-state index >= 15 is 0 Å². The molecule has 0 atom stereocenters. The number of aryl methyl sites for hydroxylation is 1. The molecule has 3 N–H and O–H groups in total. The molecule has 3 nitrogen and oxygen atoms in total. The van der Waals surface area contributed by atoms with Gasteiger partial charge < -0.3 is 10.8 Å². The summed E-state index contributed by atoms with van der Waals surface area (Å²) in [7, 11) is 0. The smallest absolute Gasteiger partial charge is 0.303 e. The molecule has 6 heteroatoms. The van der Waals surface area contributed by atoms with E-state index in [-0.39, 0.29) is 24.8 Å². The van der Waals surface area contributed by atoms with Crippen LogP contribution in [-0.4, -0.2) is 11.1 Å². The van der Waals surface area contributed by atoms with Gasteiger partial charge in [-0.3, -0.25) is 4.79 Å². The number of carboxylic acid groups (broad SMARTS) is 1. The highest BCUT2D eigenvalue weighted by Crippen LogP contribution is 2.23. The maximum absolute atomic E-state index is 13.3. The lowest BCUT2D eigenvalue weighted by Gasteiger charge is -2.06. The molecule has 0 aliphatic rings. The van der Waals surface area contributed by atoms with Crippen molar-refractivity contribution in [3.8, 4) is 0 Å². The van der Waals surface area contributed by atoms with E-state index in [1.54, 1.807) is 0 Å². The van der Waals surface area contributed by atoms with Gasteiger partial charge in [-0.1, -0.05) is 0 Å². The van der Waals surface area contributed by atoms with Crippen LogP contribution < -0.4 is 5.73 Å². The lowest BCUT2D eigenvalue weighted by Crippen LogP contribution is -2.04. The van der Waals surface area contributed by atoms with E-state index in [0.29, 0.717) is 6.07 Å². The molecular formula is C10H10F3NO2. The van der Waals surface area contributed by atoms with Crippen molar-refractivity contribution in [2.45, 2.75) is 19.3 Å². The molecule has 0 saturated heterocycles. The number of halogens is 3. The topological polar surface area (TPSA) is 63.3 Å². The van der Waals surface area contributed by atoms with Crippen LogP contribution >= 0.6 is 0 Å². The van der Waals surface area contributed by atoms with E-state index in [2.05, 4.69) is 0 Å².